The van der Waals surface area contributed by atoms with Crippen molar-refractivity contribution in [2.24, 2.45) is 11.8 Å². The molecule has 1 N–H and O–H groups in total. The Morgan fingerprint density at radius 3 is 2.27 bits per heavy atom. The van der Waals surface area contributed by atoms with Crippen molar-refractivity contribution in [3.63, 3.8) is 0 Å². The lowest BCUT2D eigenvalue weighted by atomic mass is 9.76. The number of hydrogen-bond donors (Lipinski definition) is 1. The van der Waals surface area contributed by atoms with E-state index in [1.54, 1.807) is 6.92 Å². The second-order valence-corrected chi connectivity index (χ2v) is 4.66. The van der Waals surface area contributed by atoms with Gasteiger partial charge in [-0.3, -0.25) is 4.79 Å². The topological polar surface area (TPSA) is 54.4 Å². The van der Waals surface area contributed by atoms with Gasteiger partial charge in [0.2, 0.25) is 0 Å². The Balaban J connectivity index is 2.52. The summed E-state index contributed by atoms with van der Waals surface area (Å²) in [6.07, 6.45) is 6.45. The van der Waals surface area contributed by atoms with E-state index < -0.39 is 5.97 Å². The number of carbonyl (C=O) groups excluding carboxylic acids is 1. The van der Waals surface area contributed by atoms with Gasteiger partial charge in [-0.25, -0.2) is 0 Å². The normalized spacial score (nSPS) is 19.8. The third-order valence-electron chi connectivity index (χ3n) is 3.30. The van der Waals surface area contributed by atoms with E-state index >= 15 is 0 Å². The number of Topliss-reactive ketones (excluding diaryl/α,β-unsaturated/α-hetero) is 1. The zero-order valence-electron chi connectivity index (χ0n) is 9.37. The quantitative estimate of drug-likeness (QED) is 0.762. The summed E-state index contributed by atoms with van der Waals surface area (Å²) in [4.78, 5) is 21.8. The minimum absolute atomic E-state index is 0.0697. The van der Waals surface area contributed by atoms with E-state index in [1.165, 1.54) is 19.3 Å². The fourth-order valence-corrected chi connectivity index (χ4v) is 2.60. The molecule has 0 heterocycles. The van der Waals surface area contributed by atoms with Gasteiger partial charge in [-0.2, -0.15) is 0 Å². The Morgan fingerprint density at radius 1 is 1.20 bits per heavy atom. The van der Waals surface area contributed by atoms with Crippen molar-refractivity contribution < 1.29 is 14.7 Å². The zero-order valence-corrected chi connectivity index (χ0v) is 9.37. The standard InChI is InChI=1S/C12H20O3/c1-9(13)7-11(8-12(14)15)10-5-3-2-4-6-10/h10-11H,2-8H2,1H3,(H,14,15). The number of carboxylic acid groups (broad SMARTS) is 1. The van der Waals surface area contributed by atoms with E-state index in [2.05, 4.69) is 0 Å². The fraction of sp³-hybridized carbons (Fsp3) is 0.833. The number of rotatable bonds is 5. The molecule has 0 aromatic heterocycles. The van der Waals surface area contributed by atoms with Crippen LogP contribution in [0.15, 0.2) is 0 Å². The van der Waals surface area contributed by atoms with Gasteiger partial charge in [0.15, 0.2) is 0 Å². The van der Waals surface area contributed by atoms with Crippen LogP contribution in [0.3, 0.4) is 0 Å². The van der Waals surface area contributed by atoms with Gasteiger partial charge >= 0.3 is 5.97 Å². The molecule has 0 saturated heterocycles. The lowest BCUT2D eigenvalue weighted by Gasteiger charge is -2.28. The van der Waals surface area contributed by atoms with Crippen molar-refractivity contribution >= 4 is 11.8 Å². The first-order chi connectivity index (χ1) is 7.09. The highest BCUT2D eigenvalue weighted by molar-refractivity contribution is 5.76. The number of carbonyl (C=O) groups is 2. The Morgan fingerprint density at radius 2 is 1.80 bits per heavy atom. The summed E-state index contributed by atoms with van der Waals surface area (Å²) in [6.45, 7) is 1.55. The molecule has 0 aromatic rings. The summed E-state index contributed by atoms with van der Waals surface area (Å²) < 4.78 is 0. The van der Waals surface area contributed by atoms with E-state index in [0.717, 1.165) is 12.8 Å². The summed E-state index contributed by atoms with van der Waals surface area (Å²) in [5, 5.41) is 8.82. The molecule has 1 atom stereocenters. The molecule has 0 bridgehead atoms. The highest BCUT2D eigenvalue weighted by atomic mass is 16.4. The first kappa shape index (κ1) is 12.2. The van der Waals surface area contributed by atoms with Gasteiger partial charge in [0.25, 0.3) is 0 Å². The van der Waals surface area contributed by atoms with Crippen molar-refractivity contribution in [1.29, 1.82) is 0 Å². The monoisotopic (exact) mass is 212 g/mol. The van der Waals surface area contributed by atoms with Gasteiger partial charge in [0, 0.05) is 12.8 Å². The molecule has 0 radical (unpaired) electrons. The molecule has 1 saturated carbocycles. The summed E-state index contributed by atoms with van der Waals surface area (Å²) in [6, 6.07) is 0. The summed E-state index contributed by atoms with van der Waals surface area (Å²) in [7, 11) is 0. The van der Waals surface area contributed by atoms with E-state index in [1.807, 2.05) is 0 Å². The maximum Gasteiger partial charge on any atom is 0.303 e. The highest BCUT2D eigenvalue weighted by Gasteiger charge is 2.26. The molecular formula is C12H20O3. The summed E-state index contributed by atoms with van der Waals surface area (Å²) in [5.74, 6) is -0.127. The number of hydrogen-bond acceptors (Lipinski definition) is 2. The largest absolute Gasteiger partial charge is 0.481 e. The van der Waals surface area contributed by atoms with Crippen molar-refractivity contribution in [1.82, 2.24) is 0 Å². The number of ketones is 1. The molecule has 1 rings (SSSR count). The molecule has 0 amide bonds. The van der Waals surface area contributed by atoms with Gasteiger partial charge in [-0.05, 0) is 18.8 Å². The van der Waals surface area contributed by atoms with Crippen molar-refractivity contribution in [3.8, 4) is 0 Å². The molecule has 15 heavy (non-hydrogen) atoms. The molecule has 1 aliphatic carbocycles. The second-order valence-electron chi connectivity index (χ2n) is 4.66. The van der Waals surface area contributed by atoms with Gasteiger partial charge in [0.1, 0.15) is 5.78 Å². The molecule has 1 unspecified atom stereocenters. The third-order valence-corrected chi connectivity index (χ3v) is 3.30. The van der Waals surface area contributed by atoms with Crippen LogP contribution in [0.5, 0.6) is 0 Å². The molecule has 0 aromatic carbocycles. The lowest BCUT2D eigenvalue weighted by Crippen LogP contribution is -2.22. The average Bonchev–Trinajstić information content (AvgIpc) is 2.17. The minimum Gasteiger partial charge on any atom is -0.481 e. The summed E-state index contributed by atoms with van der Waals surface area (Å²) in [5.41, 5.74) is 0. The van der Waals surface area contributed by atoms with Crippen LogP contribution in [0.1, 0.15) is 51.9 Å². The van der Waals surface area contributed by atoms with E-state index in [4.69, 9.17) is 5.11 Å². The average molecular weight is 212 g/mol. The molecule has 1 aliphatic rings. The smallest absolute Gasteiger partial charge is 0.303 e. The van der Waals surface area contributed by atoms with Crippen LogP contribution in [0.2, 0.25) is 0 Å². The fourth-order valence-electron chi connectivity index (χ4n) is 2.60. The molecule has 0 spiro atoms. The molecule has 86 valence electrons. The zero-order chi connectivity index (χ0) is 11.3. The predicted octanol–water partition coefficient (Wildman–Crippen LogP) is 2.64. The Bertz CT molecular complexity index is 213. The molecule has 3 heteroatoms. The van der Waals surface area contributed by atoms with E-state index in [9.17, 15) is 9.59 Å². The SMILES string of the molecule is CC(=O)CC(CC(=O)O)C1CCCCC1. The van der Waals surface area contributed by atoms with Gasteiger partial charge < -0.3 is 9.90 Å². The maximum absolute atomic E-state index is 11.1. The first-order valence-electron chi connectivity index (χ1n) is 5.81. The van der Waals surface area contributed by atoms with Crippen LogP contribution < -0.4 is 0 Å². The second kappa shape index (κ2) is 5.89. The third kappa shape index (κ3) is 4.45. The number of carboxylic acids is 1. The Hall–Kier alpha value is -0.860. The van der Waals surface area contributed by atoms with Crippen molar-refractivity contribution in [2.45, 2.75) is 51.9 Å². The predicted molar refractivity (Wildman–Crippen MR) is 57.6 cm³/mol. The van der Waals surface area contributed by atoms with Crippen LogP contribution in [-0.2, 0) is 9.59 Å². The first-order valence-corrected chi connectivity index (χ1v) is 5.81. The maximum atomic E-state index is 11.1. The number of aliphatic carboxylic acids is 1. The Kier molecular flexibility index (Phi) is 4.79. The van der Waals surface area contributed by atoms with Crippen LogP contribution >= 0.6 is 0 Å². The molecule has 1 fully saturated rings. The van der Waals surface area contributed by atoms with Gasteiger partial charge in [0.05, 0.1) is 0 Å². The molecule has 0 aliphatic heterocycles. The van der Waals surface area contributed by atoms with Crippen LogP contribution in [-0.4, -0.2) is 16.9 Å². The van der Waals surface area contributed by atoms with E-state index in [0.29, 0.717) is 12.3 Å². The van der Waals surface area contributed by atoms with Gasteiger partial charge in [-0.15, -0.1) is 0 Å². The van der Waals surface area contributed by atoms with E-state index in [-0.39, 0.29) is 18.1 Å². The van der Waals surface area contributed by atoms with Crippen LogP contribution in [0.25, 0.3) is 0 Å². The van der Waals surface area contributed by atoms with Crippen molar-refractivity contribution in [2.75, 3.05) is 0 Å². The van der Waals surface area contributed by atoms with Crippen LogP contribution in [0.4, 0.5) is 0 Å². The van der Waals surface area contributed by atoms with Crippen LogP contribution in [0, 0.1) is 11.8 Å². The van der Waals surface area contributed by atoms with Crippen molar-refractivity contribution in [3.05, 3.63) is 0 Å². The molecule has 3 nitrogen and oxygen atoms in total. The van der Waals surface area contributed by atoms with Gasteiger partial charge in [-0.1, -0.05) is 32.1 Å². The summed E-state index contributed by atoms with van der Waals surface area (Å²) >= 11 is 0. The highest BCUT2D eigenvalue weighted by Crippen LogP contribution is 2.33. The Labute approximate surface area is 90.9 Å². The minimum atomic E-state index is -0.771. The lowest BCUT2D eigenvalue weighted by molar-refractivity contribution is -0.138. The molecular weight excluding hydrogens is 192 g/mol.